The minimum Gasteiger partial charge on any atom is -0.508 e. The van der Waals surface area contributed by atoms with Crippen LogP contribution in [0.15, 0.2) is 24.3 Å². The zero-order valence-electron chi connectivity index (χ0n) is 12.7. The van der Waals surface area contributed by atoms with Gasteiger partial charge in [0.15, 0.2) is 6.10 Å². The Kier molecular flexibility index (Phi) is 5.62. The first-order valence-electron chi connectivity index (χ1n) is 7.72. The number of ether oxygens (including phenoxy) is 2. The maximum Gasteiger partial charge on any atom is 0.335 e. The van der Waals surface area contributed by atoms with E-state index in [4.69, 9.17) is 9.47 Å². The van der Waals surface area contributed by atoms with Gasteiger partial charge in [0.1, 0.15) is 5.75 Å². The second-order valence-corrected chi connectivity index (χ2v) is 5.71. The first-order valence-corrected chi connectivity index (χ1v) is 7.72. The summed E-state index contributed by atoms with van der Waals surface area (Å²) in [6.45, 7) is 3.86. The number of aromatic hydroxyl groups is 1. The third-order valence-electron chi connectivity index (χ3n) is 3.90. The van der Waals surface area contributed by atoms with Crippen LogP contribution in [-0.2, 0) is 20.7 Å². The molecular formula is C17H24O4. The average molecular weight is 292 g/mol. The molecule has 21 heavy (non-hydrogen) atoms. The van der Waals surface area contributed by atoms with Gasteiger partial charge in [-0.05, 0) is 50.3 Å². The minimum absolute atomic E-state index is 0.103. The zero-order chi connectivity index (χ0) is 15.2. The molecule has 0 bridgehead atoms. The number of hydrogen-bond donors (Lipinski definition) is 1. The van der Waals surface area contributed by atoms with Crippen LogP contribution in [0.1, 0.15) is 45.1 Å². The lowest BCUT2D eigenvalue weighted by Crippen LogP contribution is -2.37. The fourth-order valence-electron chi connectivity index (χ4n) is 2.18. The molecule has 4 heteroatoms. The number of carbonyl (C=O) groups is 1. The Morgan fingerprint density at radius 3 is 2.76 bits per heavy atom. The van der Waals surface area contributed by atoms with E-state index in [1.54, 1.807) is 18.2 Å². The van der Waals surface area contributed by atoms with Crippen molar-refractivity contribution < 1.29 is 19.4 Å². The predicted molar refractivity (Wildman–Crippen MR) is 80.2 cm³/mol. The molecule has 0 amide bonds. The van der Waals surface area contributed by atoms with Crippen molar-refractivity contribution in [1.29, 1.82) is 0 Å². The number of hydrogen-bond acceptors (Lipinski definition) is 4. The van der Waals surface area contributed by atoms with E-state index in [0.29, 0.717) is 6.42 Å². The second-order valence-electron chi connectivity index (χ2n) is 5.71. The number of rotatable bonds is 7. The molecule has 0 aromatic heterocycles. The largest absolute Gasteiger partial charge is 0.508 e. The maximum atomic E-state index is 12.3. The van der Waals surface area contributed by atoms with Gasteiger partial charge in [0.25, 0.3) is 0 Å². The van der Waals surface area contributed by atoms with Crippen molar-refractivity contribution in [2.75, 3.05) is 0 Å². The summed E-state index contributed by atoms with van der Waals surface area (Å²) in [7, 11) is 0. The molecule has 1 aliphatic rings. The number of carbonyl (C=O) groups excluding carboxylic acids is 1. The van der Waals surface area contributed by atoms with Crippen molar-refractivity contribution in [1.82, 2.24) is 0 Å². The Morgan fingerprint density at radius 2 is 2.19 bits per heavy atom. The van der Waals surface area contributed by atoms with E-state index in [2.05, 4.69) is 0 Å². The highest BCUT2D eigenvalue weighted by molar-refractivity contribution is 5.75. The highest BCUT2D eigenvalue weighted by atomic mass is 16.6. The summed E-state index contributed by atoms with van der Waals surface area (Å²) in [6.07, 6.45) is 3.86. The summed E-state index contributed by atoms with van der Waals surface area (Å²) in [6, 6.07) is 6.93. The van der Waals surface area contributed by atoms with Crippen molar-refractivity contribution in [2.45, 2.75) is 64.3 Å². The van der Waals surface area contributed by atoms with E-state index in [9.17, 15) is 9.90 Å². The van der Waals surface area contributed by atoms with Crippen molar-refractivity contribution in [3.05, 3.63) is 29.8 Å². The lowest BCUT2D eigenvalue weighted by molar-refractivity contribution is -0.168. The fraction of sp³-hybridized carbons (Fsp3) is 0.588. The number of phenols is 1. The smallest absolute Gasteiger partial charge is 0.335 e. The summed E-state index contributed by atoms with van der Waals surface area (Å²) in [5.41, 5.74) is 0.875. The maximum absolute atomic E-state index is 12.3. The van der Waals surface area contributed by atoms with Crippen LogP contribution in [0.25, 0.3) is 0 Å². The van der Waals surface area contributed by atoms with Crippen LogP contribution in [0.5, 0.6) is 5.75 Å². The summed E-state index contributed by atoms with van der Waals surface area (Å²) in [4.78, 5) is 12.3. The standard InChI is InChI=1S/C17H24O4/c1-3-12(2)20-17(19)16(21-15-8-5-9-15)11-13-6-4-7-14(18)10-13/h4,6-7,10,12,15-16,18H,3,5,8-9,11H2,1-2H3. The van der Waals surface area contributed by atoms with Gasteiger partial charge < -0.3 is 14.6 Å². The lowest BCUT2D eigenvalue weighted by atomic mass is 9.95. The normalized spacial score (nSPS) is 17.8. The quantitative estimate of drug-likeness (QED) is 0.784. The SMILES string of the molecule is CCC(C)OC(=O)C(Cc1cccc(O)c1)OC1CCC1. The van der Waals surface area contributed by atoms with E-state index in [0.717, 1.165) is 31.2 Å². The van der Waals surface area contributed by atoms with Gasteiger partial charge in [-0.25, -0.2) is 4.79 Å². The van der Waals surface area contributed by atoms with Crippen LogP contribution >= 0.6 is 0 Å². The molecule has 0 spiro atoms. The molecule has 2 unspecified atom stereocenters. The summed E-state index contributed by atoms with van der Waals surface area (Å²) >= 11 is 0. The minimum atomic E-state index is -0.592. The fourth-order valence-corrected chi connectivity index (χ4v) is 2.18. The summed E-state index contributed by atoms with van der Waals surface area (Å²) < 4.78 is 11.3. The van der Waals surface area contributed by atoms with E-state index in [1.807, 2.05) is 19.9 Å². The van der Waals surface area contributed by atoms with Gasteiger partial charge in [-0.15, -0.1) is 0 Å². The van der Waals surface area contributed by atoms with Gasteiger partial charge in [0, 0.05) is 6.42 Å². The Balaban J connectivity index is 2.01. The third-order valence-corrected chi connectivity index (χ3v) is 3.90. The molecule has 0 heterocycles. The van der Waals surface area contributed by atoms with Crippen molar-refractivity contribution in [2.24, 2.45) is 0 Å². The van der Waals surface area contributed by atoms with Crippen LogP contribution in [0.2, 0.25) is 0 Å². The Morgan fingerprint density at radius 1 is 1.43 bits per heavy atom. The number of benzene rings is 1. The van der Waals surface area contributed by atoms with Crippen LogP contribution in [-0.4, -0.2) is 29.4 Å². The van der Waals surface area contributed by atoms with Gasteiger partial charge >= 0.3 is 5.97 Å². The zero-order valence-corrected chi connectivity index (χ0v) is 12.7. The molecule has 0 radical (unpaired) electrons. The molecule has 1 aromatic carbocycles. The molecule has 1 N–H and O–H groups in total. The van der Waals surface area contributed by atoms with E-state index < -0.39 is 6.10 Å². The number of phenolic OH excluding ortho intramolecular Hbond substituents is 1. The molecule has 0 saturated heterocycles. The Hall–Kier alpha value is -1.55. The van der Waals surface area contributed by atoms with Gasteiger partial charge in [-0.3, -0.25) is 0 Å². The van der Waals surface area contributed by atoms with Crippen LogP contribution < -0.4 is 0 Å². The van der Waals surface area contributed by atoms with Crippen LogP contribution in [0, 0.1) is 0 Å². The first-order chi connectivity index (χ1) is 10.1. The first kappa shape index (κ1) is 15.8. The van der Waals surface area contributed by atoms with Gasteiger partial charge in [0.05, 0.1) is 12.2 Å². The highest BCUT2D eigenvalue weighted by Gasteiger charge is 2.29. The molecule has 1 fully saturated rings. The van der Waals surface area contributed by atoms with Crippen molar-refractivity contribution in [3.8, 4) is 5.75 Å². The lowest BCUT2D eigenvalue weighted by Gasteiger charge is -2.30. The molecule has 0 aliphatic heterocycles. The molecule has 2 rings (SSSR count). The van der Waals surface area contributed by atoms with Crippen LogP contribution in [0.3, 0.4) is 0 Å². The topological polar surface area (TPSA) is 55.8 Å². The monoisotopic (exact) mass is 292 g/mol. The van der Waals surface area contributed by atoms with E-state index in [-0.39, 0.29) is 23.9 Å². The number of esters is 1. The highest BCUT2D eigenvalue weighted by Crippen LogP contribution is 2.25. The summed E-state index contributed by atoms with van der Waals surface area (Å²) in [5, 5.41) is 9.53. The molecular weight excluding hydrogens is 268 g/mol. The molecule has 2 atom stereocenters. The Bertz CT molecular complexity index is 468. The molecule has 116 valence electrons. The van der Waals surface area contributed by atoms with Gasteiger partial charge in [0.2, 0.25) is 0 Å². The molecule has 1 aliphatic carbocycles. The second kappa shape index (κ2) is 7.46. The third kappa shape index (κ3) is 4.74. The molecule has 4 nitrogen and oxygen atoms in total. The van der Waals surface area contributed by atoms with Crippen molar-refractivity contribution >= 4 is 5.97 Å². The van der Waals surface area contributed by atoms with Gasteiger partial charge in [-0.2, -0.15) is 0 Å². The predicted octanol–water partition coefficient (Wildman–Crippen LogP) is 3.21. The van der Waals surface area contributed by atoms with E-state index >= 15 is 0 Å². The Labute approximate surface area is 126 Å². The summed E-state index contributed by atoms with van der Waals surface area (Å²) in [5.74, 6) is -0.107. The molecule has 1 saturated carbocycles. The molecule has 1 aromatic rings. The van der Waals surface area contributed by atoms with Crippen molar-refractivity contribution in [3.63, 3.8) is 0 Å². The van der Waals surface area contributed by atoms with Gasteiger partial charge in [-0.1, -0.05) is 19.1 Å². The van der Waals surface area contributed by atoms with Crippen LogP contribution in [0.4, 0.5) is 0 Å². The van der Waals surface area contributed by atoms with E-state index in [1.165, 1.54) is 0 Å². The average Bonchev–Trinajstić information content (AvgIpc) is 2.41.